The number of amides is 2. The van der Waals surface area contributed by atoms with Gasteiger partial charge in [-0.3, -0.25) is 9.59 Å². The van der Waals surface area contributed by atoms with Gasteiger partial charge >= 0.3 is 0 Å². The number of rotatable bonds is 6. The Bertz CT molecular complexity index is 538. The summed E-state index contributed by atoms with van der Waals surface area (Å²) >= 11 is 0. The zero-order valence-electron chi connectivity index (χ0n) is 12.5. The molecule has 0 saturated heterocycles. The fourth-order valence-electron chi connectivity index (χ4n) is 1.97. The van der Waals surface area contributed by atoms with E-state index in [1.165, 1.54) is 4.90 Å². The van der Waals surface area contributed by atoms with Gasteiger partial charge in [0.15, 0.2) is 0 Å². The second kappa shape index (κ2) is 6.47. The van der Waals surface area contributed by atoms with E-state index in [4.69, 9.17) is 5.73 Å². The molecule has 0 bridgehead atoms. The molecule has 1 fully saturated rings. The highest BCUT2D eigenvalue weighted by atomic mass is 16.2. The van der Waals surface area contributed by atoms with Gasteiger partial charge in [-0.1, -0.05) is 0 Å². The first-order valence-corrected chi connectivity index (χ1v) is 7.12. The van der Waals surface area contributed by atoms with Gasteiger partial charge in [-0.15, -0.1) is 0 Å². The Morgan fingerprint density at radius 3 is 2.67 bits per heavy atom. The normalized spacial score (nSPS) is 13.6. The Labute approximate surface area is 124 Å². The summed E-state index contributed by atoms with van der Waals surface area (Å²) in [5, 5.41) is 6.05. The van der Waals surface area contributed by atoms with Crippen molar-refractivity contribution >= 4 is 23.2 Å². The van der Waals surface area contributed by atoms with Crippen LogP contribution < -0.4 is 16.4 Å². The number of carbonyl (C=O) groups excluding carboxylic acids is 2. The van der Waals surface area contributed by atoms with Crippen LogP contribution in [0.1, 0.15) is 29.6 Å². The van der Waals surface area contributed by atoms with Crippen molar-refractivity contribution in [2.24, 2.45) is 0 Å². The molecule has 0 heterocycles. The number of nitrogen functional groups attached to an aromatic ring is 1. The smallest absolute Gasteiger partial charge is 0.255 e. The average molecular weight is 290 g/mol. The van der Waals surface area contributed by atoms with Gasteiger partial charge in [-0.2, -0.15) is 0 Å². The van der Waals surface area contributed by atoms with Crippen LogP contribution in [0.3, 0.4) is 0 Å². The van der Waals surface area contributed by atoms with E-state index < -0.39 is 0 Å². The molecular weight excluding hydrogens is 268 g/mol. The van der Waals surface area contributed by atoms with E-state index in [1.54, 1.807) is 32.3 Å². The van der Waals surface area contributed by atoms with Gasteiger partial charge in [0.05, 0.1) is 5.56 Å². The lowest BCUT2D eigenvalue weighted by Gasteiger charge is -2.16. The molecule has 1 aromatic carbocycles. The van der Waals surface area contributed by atoms with E-state index in [2.05, 4.69) is 10.6 Å². The number of anilines is 2. The van der Waals surface area contributed by atoms with Crippen LogP contribution in [0.4, 0.5) is 11.4 Å². The molecule has 0 radical (unpaired) electrons. The first-order chi connectivity index (χ1) is 9.97. The minimum absolute atomic E-state index is 0.0365. The van der Waals surface area contributed by atoms with Crippen molar-refractivity contribution < 1.29 is 9.59 Å². The molecular formula is C15H22N4O2. The molecule has 1 aliphatic carbocycles. The molecule has 0 unspecified atom stereocenters. The molecule has 21 heavy (non-hydrogen) atoms. The lowest BCUT2D eigenvalue weighted by Crippen LogP contribution is -2.27. The van der Waals surface area contributed by atoms with Gasteiger partial charge in [-0.05, 0) is 31.0 Å². The SMILES string of the molecule is CN(C)C(=O)c1ccc(N)cc1NCCC(=O)NC1CC1. The predicted molar refractivity (Wildman–Crippen MR) is 83.1 cm³/mol. The van der Waals surface area contributed by atoms with Crippen molar-refractivity contribution in [1.82, 2.24) is 10.2 Å². The van der Waals surface area contributed by atoms with E-state index in [-0.39, 0.29) is 11.8 Å². The number of hydrogen-bond acceptors (Lipinski definition) is 4. The largest absolute Gasteiger partial charge is 0.399 e. The molecule has 0 aromatic heterocycles. The lowest BCUT2D eigenvalue weighted by molar-refractivity contribution is -0.120. The summed E-state index contributed by atoms with van der Waals surface area (Å²) in [6.07, 6.45) is 2.53. The van der Waals surface area contributed by atoms with Crippen LogP contribution in [-0.2, 0) is 4.79 Å². The highest BCUT2D eigenvalue weighted by molar-refractivity contribution is 6.00. The quantitative estimate of drug-likeness (QED) is 0.683. The number of carbonyl (C=O) groups is 2. The van der Waals surface area contributed by atoms with Crippen LogP contribution in [0, 0.1) is 0 Å². The van der Waals surface area contributed by atoms with Crippen LogP contribution >= 0.6 is 0 Å². The van der Waals surface area contributed by atoms with Crippen molar-refractivity contribution in [3.63, 3.8) is 0 Å². The third-order valence-electron chi connectivity index (χ3n) is 3.29. The van der Waals surface area contributed by atoms with Crippen molar-refractivity contribution in [3.05, 3.63) is 23.8 Å². The molecule has 2 rings (SSSR count). The maximum Gasteiger partial charge on any atom is 0.255 e. The van der Waals surface area contributed by atoms with Gasteiger partial charge in [0.25, 0.3) is 5.91 Å². The van der Waals surface area contributed by atoms with Crippen LogP contribution in [0.2, 0.25) is 0 Å². The Kier molecular flexibility index (Phi) is 4.67. The van der Waals surface area contributed by atoms with Crippen LogP contribution in [0.15, 0.2) is 18.2 Å². The summed E-state index contributed by atoms with van der Waals surface area (Å²) in [7, 11) is 3.40. The summed E-state index contributed by atoms with van der Waals surface area (Å²) in [6, 6.07) is 5.48. The summed E-state index contributed by atoms with van der Waals surface area (Å²) in [5.74, 6) is -0.0608. The third kappa shape index (κ3) is 4.37. The van der Waals surface area contributed by atoms with Crippen molar-refractivity contribution in [1.29, 1.82) is 0 Å². The van der Waals surface area contributed by atoms with Crippen molar-refractivity contribution in [3.8, 4) is 0 Å². The maximum absolute atomic E-state index is 12.1. The molecule has 114 valence electrons. The minimum atomic E-state index is -0.0973. The number of benzene rings is 1. The predicted octanol–water partition coefficient (Wildman–Crippen LogP) is 1.05. The molecule has 0 aliphatic heterocycles. The second-order valence-electron chi connectivity index (χ2n) is 5.52. The summed E-state index contributed by atoms with van der Waals surface area (Å²) in [6.45, 7) is 0.468. The highest BCUT2D eigenvalue weighted by Crippen LogP contribution is 2.21. The summed E-state index contributed by atoms with van der Waals surface area (Å²) in [4.78, 5) is 25.2. The molecule has 1 saturated carbocycles. The van der Waals surface area contributed by atoms with E-state index in [0.29, 0.717) is 35.9 Å². The molecule has 2 amide bonds. The Morgan fingerprint density at radius 1 is 1.33 bits per heavy atom. The van der Waals surface area contributed by atoms with Crippen molar-refractivity contribution in [2.75, 3.05) is 31.7 Å². The number of nitrogens with two attached hydrogens (primary N) is 1. The molecule has 6 heteroatoms. The Balaban J connectivity index is 1.95. The van der Waals surface area contributed by atoms with E-state index in [9.17, 15) is 9.59 Å². The van der Waals surface area contributed by atoms with Crippen LogP contribution in [0.5, 0.6) is 0 Å². The molecule has 0 spiro atoms. The molecule has 4 N–H and O–H groups in total. The van der Waals surface area contributed by atoms with Crippen LogP contribution in [-0.4, -0.2) is 43.4 Å². The van der Waals surface area contributed by atoms with Crippen LogP contribution in [0.25, 0.3) is 0 Å². The Hall–Kier alpha value is -2.24. The fourth-order valence-corrected chi connectivity index (χ4v) is 1.97. The van der Waals surface area contributed by atoms with Gasteiger partial charge in [-0.25, -0.2) is 0 Å². The molecule has 6 nitrogen and oxygen atoms in total. The average Bonchev–Trinajstić information content (AvgIpc) is 3.22. The lowest BCUT2D eigenvalue weighted by atomic mass is 10.1. The van der Waals surface area contributed by atoms with Crippen molar-refractivity contribution in [2.45, 2.75) is 25.3 Å². The zero-order valence-corrected chi connectivity index (χ0v) is 12.5. The standard InChI is InChI=1S/C15H22N4O2/c1-19(2)15(21)12-6-3-10(16)9-13(12)17-8-7-14(20)18-11-4-5-11/h3,6,9,11,17H,4-5,7-8,16H2,1-2H3,(H,18,20). The fraction of sp³-hybridized carbons (Fsp3) is 0.467. The van der Waals surface area contributed by atoms with Gasteiger partial charge in [0.2, 0.25) is 5.91 Å². The summed E-state index contributed by atoms with van der Waals surface area (Å²) in [5.41, 5.74) is 7.56. The topological polar surface area (TPSA) is 87.5 Å². The van der Waals surface area contributed by atoms with Gasteiger partial charge in [0, 0.05) is 44.5 Å². The minimum Gasteiger partial charge on any atom is -0.399 e. The molecule has 1 aromatic rings. The first-order valence-electron chi connectivity index (χ1n) is 7.12. The molecule has 0 atom stereocenters. The molecule has 1 aliphatic rings. The first kappa shape index (κ1) is 15.2. The van der Waals surface area contributed by atoms with E-state index in [1.807, 2.05) is 0 Å². The van der Waals surface area contributed by atoms with Gasteiger partial charge < -0.3 is 21.3 Å². The number of nitrogens with zero attached hydrogens (tertiary/aromatic N) is 1. The zero-order chi connectivity index (χ0) is 15.4. The Morgan fingerprint density at radius 2 is 2.05 bits per heavy atom. The van der Waals surface area contributed by atoms with E-state index >= 15 is 0 Å². The highest BCUT2D eigenvalue weighted by Gasteiger charge is 2.22. The summed E-state index contributed by atoms with van der Waals surface area (Å²) < 4.78 is 0. The maximum atomic E-state index is 12.1. The number of hydrogen-bond donors (Lipinski definition) is 3. The monoisotopic (exact) mass is 290 g/mol. The van der Waals surface area contributed by atoms with E-state index in [0.717, 1.165) is 12.8 Å². The number of nitrogens with one attached hydrogen (secondary N) is 2. The third-order valence-corrected chi connectivity index (χ3v) is 3.29. The second-order valence-corrected chi connectivity index (χ2v) is 5.52. The van der Waals surface area contributed by atoms with Gasteiger partial charge in [0.1, 0.15) is 0 Å².